The number of thioether (sulfide) groups is 1. The molecular weight excluding hydrogens is 540 g/mol. The van der Waals surface area contributed by atoms with E-state index in [1.165, 1.54) is 28.5 Å². The van der Waals surface area contributed by atoms with E-state index in [0.717, 1.165) is 11.1 Å². The molecule has 0 N–H and O–H groups in total. The molecule has 0 saturated carbocycles. The molecule has 0 saturated heterocycles. The number of hydrogen-bond acceptors (Lipinski definition) is 7. The normalized spacial score (nSPS) is 16.6. The van der Waals surface area contributed by atoms with Crippen molar-refractivity contribution in [2.45, 2.75) is 29.8 Å². The summed E-state index contributed by atoms with van der Waals surface area (Å²) in [5, 5.41) is -0.0996. The molecule has 1 heterocycles. The summed E-state index contributed by atoms with van der Waals surface area (Å²) < 4.78 is 16.3. The molecule has 204 valence electrons. The van der Waals surface area contributed by atoms with Gasteiger partial charge in [-0.1, -0.05) is 60.1 Å². The summed E-state index contributed by atoms with van der Waals surface area (Å²) in [7, 11) is 3.18. The number of fused-ring (bicyclic) bond motifs is 1. The zero-order valence-electron chi connectivity index (χ0n) is 21.8. The topological polar surface area (TPSA) is 85.4 Å². The number of rotatable bonds is 8. The lowest BCUT2D eigenvalue weighted by Gasteiger charge is -2.29. The third kappa shape index (κ3) is 6.85. The van der Waals surface area contributed by atoms with Crippen LogP contribution in [0.3, 0.4) is 0 Å². The summed E-state index contributed by atoms with van der Waals surface area (Å²) in [5.41, 5.74) is 2.22. The van der Waals surface area contributed by atoms with Crippen LogP contribution in [0.5, 0.6) is 5.75 Å². The van der Waals surface area contributed by atoms with E-state index in [0.29, 0.717) is 21.4 Å². The van der Waals surface area contributed by atoms with Gasteiger partial charge >= 0.3 is 12.1 Å². The number of esters is 1. The van der Waals surface area contributed by atoms with Crippen molar-refractivity contribution in [2.24, 2.45) is 0 Å². The predicted molar refractivity (Wildman–Crippen MR) is 150 cm³/mol. The lowest BCUT2D eigenvalue weighted by atomic mass is 10.1. The smallest absolute Gasteiger partial charge is 0.409 e. The van der Waals surface area contributed by atoms with E-state index < -0.39 is 29.3 Å². The predicted octanol–water partition coefficient (Wildman–Crippen LogP) is 5.73. The van der Waals surface area contributed by atoms with Crippen LogP contribution in [0.1, 0.15) is 23.3 Å². The minimum absolute atomic E-state index is 0.136. The Labute approximate surface area is 236 Å². The number of hydrogen-bond donors (Lipinski definition) is 0. The maximum absolute atomic E-state index is 14.0. The molecule has 10 heteroatoms. The third-order valence-corrected chi connectivity index (χ3v) is 8.04. The molecule has 2 atom stereocenters. The fourth-order valence-electron chi connectivity index (χ4n) is 4.15. The molecule has 0 radical (unpaired) electrons. The Morgan fingerprint density at radius 1 is 1.03 bits per heavy atom. The summed E-state index contributed by atoms with van der Waals surface area (Å²) in [6.45, 7) is 1.72. The number of anilines is 1. The highest BCUT2D eigenvalue weighted by Gasteiger charge is 2.41. The fraction of sp³-hybridized carbons (Fsp3) is 0.276. The Kier molecular flexibility index (Phi) is 9.37. The lowest BCUT2D eigenvalue weighted by molar-refractivity contribution is -0.152. The Balaban J connectivity index is 1.59. The van der Waals surface area contributed by atoms with Crippen LogP contribution >= 0.6 is 23.4 Å². The van der Waals surface area contributed by atoms with E-state index in [1.54, 1.807) is 44.5 Å². The molecule has 0 bridgehead atoms. The molecule has 39 heavy (non-hydrogen) atoms. The van der Waals surface area contributed by atoms with Gasteiger partial charge in [0.1, 0.15) is 12.4 Å². The quantitative estimate of drug-likeness (QED) is 0.321. The Morgan fingerprint density at radius 2 is 1.74 bits per heavy atom. The molecule has 0 aromatic heterocycles. The number of carbonyl (C=O) groups excluding carboxylic acids is 3. The number of amides is 2. The van der Waals surface area contributed by atoms with Gasteiger partial charge in [0, 0.05) is 27.1 Å². The van der Waals surface area contributed by atoms with E-state index in [4.69, 9.17) is 25.8 Å². The van der Waals surface area contributed by atoms with Gasteiger partial charge in [-0.25, -0.2) is 4.79 Å². The second kappa shape index (κ2) is 12.9. The van der Waals surface area contributed by atoms with Crippen molar-refractivity contribution in [3.63, 3.8) is 0 Å². The van der Waals surface area contributed by atoms with E-state index >= 15 is 0 Å². The summed E-state index contributed by atoms with van der Waals surface area (Å²) in [4.78, 5) is 42.3. The molecule has 1 aliphatic heterocycles. The number of halogens is 1. The molecule has 0 unspecified atom stereocenters. The van der Waals surface area contributed by atoms with Crippen LogP contribution in [0.15, 0.2) is 77.7 Å². The molecule has 1 aliphatic rings. The highest BCUT2D eigenvalue weighted by atomic mass is 35.5. The van der Waals surface area contributed by atoms with Crippen LogP contribution in [0.4, 0.5) is 10.5 Å². The number of ether oxygens (including phenoxy) is 3. The van der Waals surface area contributed by atoms with Gasteiger partial charge in [0.15, 0.2) is 6.10 Å². The first-order valence-electron chi connectivity index (χ1n) is 12.3. The minimum Gasteiger partial charge on any atom is -0.497 e. The van der Waals surface area contributed by atoms with Crippen LogP contribution in [-0.4, -0.2) is 56.2 Å². The Bertz CT molecular complexity index is 1320. The second-order valence-electron chi connectivity index (χ2n) is 8.88. The zero-order chi connectivity index (χ0) is 27.9. The standard InChI is InChI=1S/C29H29ClN2O6S/c1-19(33)38-25-26(21-12-14-22(36-3)15-13-21)39-27-23(30)10-7-11-24(27)32(28(25)34)17-16-31(2)29(35)37-18-20-8-5-4-6-9-20/h4-15,25-26H,16-18H2,1-3H3/t25-,26+/m0/s1. The maximum atomic E-state index is 14.0. The van der Waals surface area contributed by atoms with Gasteiger partial charge in [0.25, 0.3) is 5.91 Å². The highest BCUT2D eigenvalue weighted by Crippen LogP contribution is 2.49. The molecule has 0 aliphatic carbocycles. The van der Waals surface area contributed by atoms with Gasteiger partial charge in [-0.05, 0) is 35.4 Å². The van der Waals surface area contributed by atoms with Crippen molar-refractivity contribution in [2.75, 3.05) is 32.1 Å². The van der Waals surface area contributed by atoms with E-state index in [2.05, 4.69) is 0 Å². The van der Waals surface area contributed by atoms with Crippen LogP contribution in [0.2, 0.25) is 5.02 Å². The van der Waals surface area contributed by atoms with E-state index in [1.807, 2.05) is 42.5 Å². The van der Waals surface area contributed by atoms with Crippen molar-refractivity contribution < 1.29 is 28.6 Å². The molecule has 3 aromatic carbocycles. The van der Waals surface area contributed by atoms with Gasteiger partial charge in [-0.2, -0.15) is 0 Å². The number of likely N-dealkylation sites (N-methyl/N-ethyl adjacent to an activating group) is 1. The molecule has 8 nitrogen and oxygen atoms in total. The van der Waals surface area contributed by atoms with Gasteiger partial charge in [0.05, 0.1) is 28.0 Å². The molecule has 0 fully saturated rings. The molecule has 4 rings (SSSR count). The van der Waals surface area contributed by atoms with Crippen LogP contribution in [0.25, 0.3) is 0 Å². The SMILES string of the molecule is COc1ccc([C@H]2Sc3c(Cl)cccc3N(CCN(C)C(=O)OCc3ccccc3)C(=O)[C@H]2OC(C)=O)cc1. The average Bonchev–Trinajstić information content (AvgIpc) is 3.05. The van der Waals surface area contributed by atoms with Crippen molar-refractivity contribution in [1.82, 2.24) is 4.90 Å². The third-order valence-electron chi connectivity index (χ3n) is 6.18. The van der Waals surface area contributed by atoms with E-state index in [9.17, 15) is 14.4 Å². The van der Waals surface area contributed by atoms with Crippen molar-refractivity contribution >= 4 is 47.0 Å². The number of methoxy groups -OCH3 is 1. The lowest BCUT2D eigenvalue weighted by Crippen LogP contribution is -2.46. The van der Waals surface area contributed by atoms with Crippen molar-refractivity contribution in [3.05, 3.63) is 88.9 Å². The van der Waals surface area contributed by atoms with Crippen LogP contribution in [0, 0.1) is 0 Å². The minimum atomic E-state index is -1.13. The summed E-state index contributed by atoms with van der Waals surface area (Å²) >= 11 is 7.98. The Hall–Kier alpha value is -3.69. The summed E-state index contributed by atoms with van der Waals surface area (Å²) in [6, 6.07) is 21.9. The van der Waals surface area contributed by atoms with Gasteiger partial charge in [0.2, 0.25) is 0 Å². The monoisotopic (exact) mass is 568 g/mol. The number of benzene rings is 3. The van der Waals surface area contributed by atoms with E-state index in [-0.39, 0.29) is 19.7 Å². The molecule has 3 aromatic rings. The Morgan fingerprint density at radius 3 is 2.41 bits per heavy atom. The average molecular weight is 569 g/mol. The van der Waals surface area contributed by atoms with Crippen molar-refractivity contribution in [1.29, 1.82) is 0 Å². The zero-order valence-corrected chi connectivity index (χ0v) is 23.4. The van der Waals surface area contributed by atoms with Crippen LogP contribution < -0.4 is 9.64 Å². The van der Waals surface area contributed by atoms with Gasteiger partial charge in [-0.15, -0.1) is 11.8 Å². The fourth-order valence-corrected chi connectivity index (χ4v) is 5.77. The molecular formula is C29H29ClN2O6S. The number of carbonyl (C=O) groups is 3. The molecule has 0 spiro atoms. The van der Waals surface area contributed by atoms with Gasteiger partial charge < -0.3 is 24.0 Å². The first-order chi connectivity index (χ1) is 18.8. The second-order valence-corrected chi connectivity index (χ2v) is 10.4. The van der Waals surface area contributed by atoms with Crippen LogP contribution in [-0.2, 0) is 25.7 Å². The first kappa shape index (κ1) is 28.3. The number of nitrogens with zero attached hydrogens (tertiary/aromatic N) is 2. The first-order valence-corrected chi connectivity index (χ1v) is 13.5. The largest absolute Gasteiger partial charge is 0.497 e. The van der Waals surface area contributed by atoms with Crippen molar-refractivity contribution in [3.8, 4) is 5.75 Å². The van der Waals surface area contributed by atoms with Gasteiger partial charge in [-0.3, -0.25) is 9.59 Å². The highest BCUT2D eigenvalue weighted by molar-refractivity contribution is 8.00. The summed E-state index contributed by atoms with van der Waals surface area (Å²) in [6.07, 6.45) is -1.64. The molecule has 2 amide bonds. The summed E-state index contributed by atoms with van der Waals surface area (Å²) in [5.74, 6) is -0.327. The maximum Gasteiger partial charge on any atom is 0.409 e.